The number of hydrogen-bond acceptors (Lipinski definition) is 3. The number of ether oxygens (including phenoxy) is 2. The number of aromatic nitrogens is 1. The number of pyridine rings is 1. The molecule has 0 aliphatic heterocycles. The van der Waals surface area contributed by atoms with Crippen molar-refractivity contribution < 1.29 is 9.47 Å². The Bertz CT molecular complexity index is 622. The molecule has 27 heavy (non-hydrogen) atoms. The van der Waals surface area contributed by atoms with Crippen LogP contribution < -0.4 is 4.74 Å². The summed E-state index contributed by atoms with van der Waals surface area (Å²) in [6, 6.07) is 12.5. The molecule has 0 saturated heterocycles. The third-order valence-corrected chi connectivity index (χ3v) is 4.85. The van der Waals surface area contributed by atoms with Crippen LogP contribution in [0.5, 0.6) is 5.75 Å². The number of unbranched alkanes of at least 4 members (excludes halogenated alkanes) is 2. The van der Waals surface area contributed by atoms with Gasteiger partial charge in [-0.1, -0.05) is 46.1 Å². The van der Waals surface area contributed by atoms with E-state index in [1.54, 1.807) is 0 Å². The van der Waals surface area contributed by atoms with Crippen molar-refractivity contribution in [2.24, 2.45) is 5.92 Å². The first-order valence-corrected chi connectivity index (χ1v) is 10.5. The predicted octanol–water partition coefficient (Wildman–Crippen LogP) is 6.31. The van der Waals surface area contributed by atoms with Crippen LogP contribution in [0.2, 0.25) is 0 Å². The molecule has 0 spiro atoms. The third kappa shape index (κ3) is 8.13. The van der Waals surface area contributed by atoms with E-state index >= 15 is 0 Å². The largest absolute Gasteiger partial charge is 0.493 e. The Balaban J connectivity index is 1.75. The summed E-state index contributed by atoms with van der Waals surface area (Å²) in [4.78, 5) is 4.62. The molecule has 1 unspecified atom stereocenters. The number of rotatable bonds is 13. The van der Waals surface area contributed by atoms with Gasteiger partial charge in [-0.3, -0.25) is 4.98 Å². The number of hydrogen-bond donors (Lipinski definition) is 0. The van der Waals surface area contributed by atoms with E-state index in [4.69, 9.17) is 9.47 Å². The smallest absolute Gasteiger partial charge is 0.119 e. The average Bonchev–Trinajstić information content (AvgIpc) is 2.72. The van der Waals surface area contributed by atoms with Crippen LogP contribution in [-0.4, -0.2) is 24.8 Å². The van der Waals surface area contributed by atoms with Crippen LogP contribution >= 0.6 is 0 Å². The predicted molar refractivity (Wildman–Crippen MR) is 113 cm³/mol. The topological polar surface area (TPSA) is 31.4 Å². The second-order valence-electron chi connectivity index (χ2n) is 7.32. The summed E-state index contributed by atoms with van der Waals surface area (Å²) in [5.74, 6) is 1.51. The molecular weight excluding hydrogens is 334 g/mol. The van der Waals surface area contributed by atoms with Gasteiger partial charge in [0.15, 0.2) is 0 Å². The maximum Gasteiger partial charge on any atom is 0.119 e. The van der Waals surface area contributed by atoms with E-state index in [1.165, 1.54) is 24.8 Å². The summed E-state index contributed by atoms with van der Waals surface area (Å²) in [6.07, 6.45) is 8.87. The lowest BCUT2D eigenvalue weighted by Gasteiger charge is -2.11. The monoisotopic (exact) mass is 369 g/mol. The highest BCUT2D eigenvalue weighted by atomic mass is 16.5. The Hall–Kier alpha value is -1.87. The van der Waals surface area contributed by atoms with Crippen molar-refractivity contribution in [1.29, 1.82) is 0 Å². The van der Waals surface area contributed by atoms with Gasteiger partial charge in [-0.25, -0.2) is 0 Å². The fourth-order valence-corrected chi connectivity index (χ4v) is 2.76. The minimum absolute atomic E-state index is 0.584. The minimum atomic E-state index is 0.584. The second-order valence-corrected chi connectivity index (χ2v) is 7.32. The van der Waals surface area contributed by atoms with Gasteiger partial charge in [-0.05, 0) is 61.1 Å². The molecule has 0 amide bonds. The van der Waals surface area contributed by atoms with Crippen molar-refractivity contribution in [2.75, 3.05) is 19.8 Å². The first kappa shape index (κ1) is 21.4. The van der Waals surface area contributed by atoms with Gasteiger partial charge in [0, 0.05) is 25.0 Å². The molecule has 0 aliphatic carbocycles. The molecule has 1 heterocycles. The van der Waals surface area contributed by atoms with Crippen molar-refractivity contribution >= 4 is 0 Å². The molecule has 1 aromatic carbocycles. The lowest BCUT2D eigenvalue weighted by Crippen LogP contribution is -2.06. The standard InChI is InChI=1S/C24H35NO2/c1-4-6-7-16-26-17-8-9-21-10-15-24(25-18-21)22-11-13-23(14-12-22)27-19-20(3)5-2/h10-15,18,20H,4-9,16-17,19H2,1-3H3. The quantitative estimate of drug-likeness (QED) is 0.388. The molecule has 148 valence electrons. The fourth-order valence-electron chi connectivity index (χ4n) is 2.76. The summed E-state index contributed by atoms with van der Waals surface area (Å²) < 4.78 is 11.5. The Morgan fingerprint density at radius 2 is 1.70 bits per heavy atom. The first-order chi connectivity index (χ1) is 13.2. The Kier molecular flexibility index (Phi) is 9.93. The zero-order valence-electron chi connectivity index (χ0n) is 17.2. The van der Waals surface area contributed by atoms with Crippen molar-refractivity contribution in [3.63, 3.8) is 0 Å². The van der Waals surface area contributed by atoms with Crippen LogP contribution in [0.15, 0.2) is 42.6 Å². The molecule has 0 fully saturated rings. The number of nitrogens with zero attached hydrogens (tertiary/aromatic N) is 1. The molecule has 0 N–H and O–H groups in total. The van der Waals surface area contributed by atoms with Crippen LogP contribution in [0.4, 0.5) is 0 Å². The number of benzene rings is 1. The van der Waals surface area contributed by atoms with Gasteiger partial charge in [-0.15, -0.1) is 0 Å². The van der Waals surface area contributed by atoms with E-state index in [0.29, 0.717) is 5.92 Å². The molecule has 2 rings (SSSR count). The molecule has 0 aliphatic rings. The average molecular weight is 370 g/mol. The van der Waals surface area contributed by atoms with Gasteiger partial charge in [0.2, 0.25) is 0 Å². The lowest BCUT2D eigenvalue weighted by molar-refractivity contribution is 0.128. The molecule has 0 saturated carbocycles. The molecule has 0 bridgehead atoms. The minimum Gasteiger partial charge on any atom is -0.493 e. The van der Waals surface area contributed by atoms with E-state index in [2.05, 4.69) is 50.0 Å². The molecular formula is C24H35NO2. The van der Waals surface area contributed by atoms with Gasteiger partial charge >= 0.3 is 0 Å². The van der Waals surface area contributed by atoms with Gasteiger partial charge < -0.3 is 9.47 Å². The van der Waals surface area contributed by atoms with E-state index < -0.39 is 0 Å². The highest BCUT2D eigenvalue weighted by molar-refractivity contribution is 5.60. The Morgan fingerprint density at radius 3 is 2.37 bits per heavy atom. The maximum atomic E-state index is 5.82. The molecule has 3 nitrogen and oxygen atoms in total. The fraction of sp³-hybridized carbons (Fsp3) is 0.542. The molecule has 2 aromatic rings. The Labute approximate surface area is 165 Å². The Morgan fingerprint density at radius 1 is 0.926 bits per heavy atom. The van der Waals surface area contributed by atoms with Crippen LogP contribution in [0.3, 0.4) is 0 Å². The lowest BCUT2D eigenvalue weighted by atomic mass is 10.1. The van der Waals surface area contributed by atoms with Crippen molar-refractivity contribution in [3.05, 3.63) is 48.2 Å². The summed E-state index contributed by atoms with van der Waals surface area (Å²) in [7, 11) is 0. The van der Waals surface area contributed by atoms with Gasteiger partial charge in [0.05, 0.1) is 12.3 Å². The van der Waals surface area contributed by atoms with Crippen molar-refractivity contribution in [2.45, 2.75) is 59.3 Å². The van der Waals surface area contributed by atoms with Gasteiger partial charge in [0.25, 0.3) is 0 Å². The normalized spacial score (nSPS) is 12.1. The van der Waals surface area contributed by atoms with E-state index in [1.807, 2.05) is 18.3 Å². The maximum absolute atomic E-state index is 5.82. The molecule has 0 radical (unpaired) electrons. The van der Waals surface area contributed by atoms with Gasteiger partial charge in [-0.2, -0.15) is 0 Å². The second kappa shape index (κ2) is 12.5. The van der Waals surface area contributed by atoms with Crippen LogP contribution in [0.1, 0.15) is 58.4 Å². The third-order valence-electron chi connectivity index (χ3n) is 4.85. The van der Waals surface area contributed by atoms with E-state index in [-0.39, 0.29) is 0 Å². The number of aryl methyl sites for hydroxylation is 1. The first-order valence-electron chi connectivity index (χ1n) is 10.5. The van der Waals surface area contributed by atoms with Crippen LogP contribution in [0, 0.1) is 5.92 Å². The van der Waals surface area contributed by atoms with E-state index in [0.717, 1.165) is 56.1 Å². The van der Waals surface area contributed by atoms with Crippen molar-refractivity contribution in [1.82, 2.24) is 4.98 Å². The SMILES string of the molecule is CCCCCOCCCc1ccc(-c2ccc(OCC(C)CC)cc2)nc1. The highest BCUT2D eigenvalue weighted by Gasteiger charge is 2.03. The zero-order chi connectivity index (χ0) is 19.3. The van der Waals surface area contributed by atoms with Gasteiger partial charge in [0.1, 0.15) is 5.75 Å². The molecule has 1 aromatic heterocycles. The van der Waals surface area contributed by atoms with E-state index in [9.17, 15) is 0 Å². The zero-order valence-corrected chi connectivity index (χ0v) is 17.2. The van der Waals surface area contributed by atoms with Crippen LogP contribution in [-0.2, 0) is 11.2 Å². The molecule has 3 heteroatoms. The highest BCUT2D eigenvalue weighted by Crippen LogP contribution is 2.21. The molecule has 1 atom stereocenters. The summed E-state index contributed by atoms with van der Waals surface area (Å²) in [5.41, 5.74) is 3.39. The summed E-state index contributed by atoms with van der Waals surface area (Å²) in [6.45, 7) is 9.11. The van der Waals surface area contributed by atoms with Crippen LogP contribution in [0.25, 0.3) is 11.3 Å². The summed E-state index contributed by atoms with van der Waals surface area (Å²) >= 11 is 0. The van der Waals surface area contributed by atoms with Crippen molar-refractivity contribution in [3.8, 4) is 17.0 Å². The summed E-state index contributed by atoms with van der Waals surface area (Å²) in [5, 5.41) is 0.